The van der Waals surface area contributed by atoms with E-state index in [2.05, 4.69) is 0 Å². The number of rotatable bonds is 2. The number of nitrogens with zero attached hydrogens (tertiary/aromatic N) is 1. The third-order valence-electron chi connectivity index (χ3n) is 3.92. The van der Waals surface area contributed by atoms with Crippen molar-refractivity contribution in [1.82, 2.24) is 4.90 Å². The van der Waals surface area contributed by atoms with Crippen LogP contribution in [-0.4, -0.2) is 23.9 Å². The molecule has 1 amide bonds. The van der Waals surface area contributed by atoms with E-state index in [0.29, 0.717) is 5.69 Å². The molecule has 0 saturated heterocycles. The molecular weight excluding hydrogens is 243 g/mol. The van der Waals surface area contributed by atoms with Crippen LogP contribution in [0.15, 0.2) is 18.2 Å². The number of benzene rings is 1. The molecule has 3 nitrogen and oxygen atoms in total. The van der Waals surface area contributed by atoms with E-state index in [9.17, 15) is 9.18 Å². The first-order valence-electron chi connectivity index (χ1n) is 6.92. The summed E-state index contributed by atoms with van der Waals surface area (Å²) in [6.45, 7) is 0. The van der Waals surface area contributed by atoms with Crippen molar-refractivity contribution in [2.45, 2.75) is 44.6 Å². The molecule has 0 heterocycles. The molecule has 2 N–H and O–H groups in total. The van der Waals surface area contributed by atoms with Gasteiger partial charge in [-0.3, -0.25) is 4.79 Å². The van der Waals surface area contributed by atoms with Crippen molar-refractivity contribution < 1.29 is 9.18 Å². The number of amides is 1. The number of nitrogens with two attached hydrogens (primary N) is 1. The summed E-state index contributed by atoms with van der Waals surface area (Å²) in [5.41, 5.74) is 5.95. The van der Waals surface area contributed by atoms with E-state index >= 15 is 0 Å². The Morgan fingerprint density at radius 1 is 1.26 bits per heavy atom. The molecule has 19 heavy (non-hydrogen) atoms. The summed E-state index contributed by atoms with van der Waals surface area (Å²) >= 11 is 0. The molecule has 1 saturated carbocycles. The maximum atomic E-state index is 13.8. The van der Waals surface area contributed by atoms with Crippen molar-refractivity contribution >= 4 is 11.6 Å². The molecule has 1 aromatic rings. The van der Waals surface area contributed by atoms with Crippen LogP contribution in [0.4, 0.5) is 10.1 Å². The van der Waals surface area contributed by atoms with Gasteiger partial charge in [-0.1, -0.05) is 25.7 Å². The van der Waals surface area contributed by atoms with Crippen LogP contribution in [0.25, 0.3) is 0 Å². The van der Waals surface area contributed by atoms with Crippen LogP contribution in [0.1, 0.15) is 48.9 Å². The fraction of sp³-hybridized carbons (Fsp3) is 0.533. The highest BCUT2D eigenvalue weighted by molar-refractivity contribution is 5.94. The monoisotopic (exact) mass is 264 g/mol. The molecule has 1 aliphatic carbocycles. The molecular formula is C15H21FN2O. The number of nitrogen functional groups attached to an aromatic ring is 1. The Balaban J connectivity index is 2.13. The lowest BCUT2D eigenvalue weighted by Crippen LogP contribution is -2.37. The predicted molar refractivity (Wildman–Crippen MR) is 74.4 cm³/mol. The molecule has 0 aliphatic heterocycles. The molecule has 0 bridgehead atoms. The number of hydrogen-bond acceptors (Lipinski definition) is 2. The summed E-state index contributed by atoms with van der Waals surface area (Å²) in [5.74, 6) is -0.783. The van der Waals surface area contributed by atoms with Gasteiger partial charge < -0.3 is 10.6 Å². The van der Waals surface area contributed by atoms with E-state index in [4.69, 9.17) is 5.73 Å². The fourth-order valence-corrected chi connectivity index (χ4v) is 2.71. The molecule has 104 valence electrons. The summed E-state index contributed by atoms with van der Waals surface area (Å²) in [6, 6.07) is 4.47. The molecule has 2 rings (SSSR count). The zero-order valence-electron chi connectivity index (χ0n) is 11.4. The predicted octanol–water partition coefficient (Wildman–Crippen LogP) is 3.20. The Hall–Kier alpha value is -1.58. The highest BCUT2D eigenvalue weighted by Gasteiger charge is 2.24. The topological polar surface area (TPSA) is 46.3 Å². The largest absolute Gasteiger partial charge is 0.399 e. The second-order valence-electron chi connectivity index (χ2n) is 5.30. The Morgan fingerprint density at radius 2 is 1.89 bits per heavy atom. The Labute approximate surface area is 113 Å². The average molecular weight is 264 g/mol. The van der Waals surface area contributed by atoms with Crippen molar-refractivity contribution in [2.24, 2.45) is 0 Å². The minimum atomic E-state index is -0.537. The van der Waals surface area contributed by atoms with Gasteiger partial charge in [-0.25, -0.2) is 4.39 Å². The van der Waals surface area contributed by atoms with Gasteiger partial charge in [0.15, 0.2) is 0 Å². The lowest BCUT2D eigenvalue weighted by Gasteiger charge is -2.27. The quantitative estimate of drug-likeness (QED) is 0.658. The van der Waals surface area contributed by atoms with Gasteiger partial charge in [0.25, 0.3) is 5.91 Å². The van der Waals surface area contributed by atoms with Crippen molar-refractivity contribution in [3.8, 4) is 0 Å². The molecule has 0 unspecified atom stereocenters. The summed E-state index contributed by atoms with van der Waals surface area (Å²) in [7, 11) is 1.77. The third-order valence-corrected chi connectivity index (χ3v) is 3.92. The Kier molecular flexibility index (Phi) is 4.40. The molecule has 1 aliphatic rings. The minimum Gasteiger partial charge on any atom is -0.399 e. The van der Waals surface area contributed by atoms with E-state index in [1.807, 2.05) is 0 Å². The number of hydrogen-bond donors (Lipinski definition) is 1. The molecule has 4 heteroatoms. The molecule has 0 radical (unpaired) electrons. The van der Waals surface area contributed by atoms with Crippen molar-refractivity contribution in [2.75, 3.05) is 12.8 Å². The van der Waals surface area contributed by atoms with Crippen LogP contribution in [0.3, 0.4) is 0 Å². The third kappa shape index (κ3) is 3.25. The van der Waals surface area contributed by atoms with Gasteiger partial charge in [0.2, 0.25) is 0 Å². The van der Waals surface area contributed by atoms with Gasteiger partial charge in [0, 0.05) is 18.8 Å². The molecule has 1 fully saturated rings. The van der Waals surface area contributed by atoms with Crippen LogP contribution < -0.4 is 5.73 Å². The molecule has 0 atom stereocenters. The Bertz CT molecular complexity index is 453. The minimum absolute atomic E-state index is 0.112. The maximum absolute atomic E-state index is 13.8. The molecule has 0 aromatic heterocycles. The Morgan fingerprint density at radius 3 is 2.47 bits per heavy atom. The van der Waals surface area contributed by atoms with E-state index in [0.717, 1.165) is 25.7 Å². The highest BCUT2D eigenvalue weighted by Crippen LogP contribution is 2.23. The van der Waals surface area contributed by atoms with Crippen LogP contribution in [0, 0.1) is 5.82 Å². The summed E-state index contributed by atoms with van der Waals surface area (Å²) in [5, 5.41) is 0. The van der Waals surface area contributed by atoms with Crippen molar-refractivity contribution in [1.29, 1.82) is 0 Å². The number of carbonyl (C=O) groups excluding carboxylic acids is 1. The summed E-state index contributed by atoms with van der Waals surface area (Å²) < 4.78 is 13.8. The number of anilines is 1. The first kappa shape index (κ1) is 13.8. The van der Waals surface area contributed by atoms with Gasteiger partial charge in [-0.05, 0) is 31.0 Å². The van der Waals surface area contributed by atoms with Gasteiger partial charge in [-0.2, -0.15) is 0 Å². The van der Waals surface area contributed by atoms with Crippen molar-refractivity contribution in [3.63, 3.8) is 0 Å². The zero-order chi connectivity index (χ0) is 13.8. The van der Waals surface area contributed by atoms with Crippen LogP contribution in [0.2, 0.25) is 0 Å². The second-order valence-corrected chi connectivity index (χ2v) is 5.30. The van der Waals surface area contributed by atoms with E-state index in [-0.39, 0.29) is 17.5 Å². The first-order valence-corrected chi connectivity index (χ1v) is 6.92. The summed E-state index contributed by atoms with van der Waals surface area (Å²) in [6.07, 6.45) is 6.78. The zero-order valence-corrected chi connectivity index (χ0v) is 11.4. The first-order chi connectivity index (χ1) is 9.09. The smallest absolute Gasteiger partial charge is 0.256 e. The standard InChI is InChI=1S/C15H21FN2O/c1-18(12-6-4-2-3-5-7-12)15(19)13-9-8-11(17)10-14(13)16/h8-10,12H,2-7,17H2,1H3. The van der Waals surface area contributed by atoms with Gasteiger partial charge in [-0.15, -0.1) is 0 Å². The van der Waals surface area contributed by atoms with Crippen LogP contribution in [0.5, 0.6) is 0 Å². The summed E-state index contributed by atoms with van der Waals surface area (Å²) in [4.78, 5) is 14.0. The number of carbonyl (C=O) groups is 1. The maximum Gasteiger partial charge on any atom is 0.256 e. The van der Waals surface area contributed by atoms with Crippen LogP contribution >= 0.6 is 0 Å². The highest BCUT2D eigenvalue weighted by atomic mass is 19.1. The lowest BCUT2D eigenvalue weighted by molar-refractivity contribution is 0.0713. The SMILES string of the molecule is CN(C(=O)c1ccc(N)cc1F)C1CCCCCC1. The van der Waals surface area contributed by atoms with Gasteiger partial charge >= 0.3 is 0 Å². The molecule has 1 aromatic carbocycles. The normalized spacial score (nSPS) is 16.9. The number of halogens is 1. The van der Waals surface area contributed by atoms with Gasteiger partial charge in [0.05, 0.1) is 5.56 Å². The van der Waals surface area contributed by atoms with E-state index < -0.39 is 5.82 Å². The van der Waals surface area contributed by atoms with E-state index in [1.54, 1.807) is 18.0 Å². The van der Waals surface area contributed by atoms with Crippen molar-refractivity contribution in [3.05, 3.63) is 29.6 Å². The van der Waals surface area contributed by atoms with Crippen LogP contribution in [-0.2, 0) is 0 Å². The fourth-order valence-electron chi connectivity index (χ4n) is 2.71. The van der Waals surface area contributed by atoms with Gasteiger partial charge in [0.1, 0.15) is 5.82 Å². The molecule has 0 spiro atoms. The average Bonchev–Trinajstić information content (AvgIpc) is 2.66. The van der Waals surface area contributed by atoms with E-state index in [1.165, 1.54) is 25.0 Å². The lowest BCUT2D eigenvalue weighted by atomic mass is 10.1. The second kappa shape index (κ2) is 6.04.